The van der Waals surface area contributed by atoms with Crippen LogP contribution in [0.3, 0.4) is 0 Å². The fourth-order valence-corrected chi connectivity index (χ4v) is 1.35. The Hall–Kier alpha value is -2.50. The number of hydrogen-bond acceptors (Lipinski definition) is 4. The van der Waals surface area contributed by atoms with Gasteiger partial charge < -0.3 is 15.3 Å². The van der Waals surface area contributed by atoms with E-state index < -0.39 is 5.97 Å². The third-order valence-corrected chi connectivity index (χ3v) is 2.13. The van der Waals surface area contributed by atoms with Crippen LogP contribution in [0, 0.1) is 0 Å². The first-order valence-corrected chi connectivity index (χ1v) is 4.38. The van der Waals surface area contributed by atoms with Crippen LogP contribution >= 0.6 is 0 Å². The second-order valence-corrected chi connectivity index (χ2v) is 3.17. The molecule has 1 aromatic carbocycles. The molecule has 0 atom stereocenters. The minimum atomic E-state index is -1.11. The van der Waals surface area contributed by atoms with Crippen molar-refractivity contribution in [3.63, 3.8) is 0 Å². The Morgan fingerprint density at radius 1 is 1.25 bits per heavy atom. The molecule has 0 saturated carbocycles. The van der Waals surface area contributed by atoms with Gasteiger partial charge in [-0.05, 0) is 18.2 Å². The van der Waals surface area contributed by atoms with Crippen LogP contribution in [0.1, 0.15) is 10.4 Å². The Labute approximate surface area is 89.8 Å². The molecule has 0 aliphatic rings. The molecule has 0 bridgehead atoms. The van der Waals surface area contributed by atoms with E-state index in [1.165, 1.54) is 24.4 Å². The van der Waals surface area contributed by atoms with E-state index in [9.17, 15) is 9.90 Å². The van der Waals surface area contributed by atoms with Gasteiger partial charge in [0.1, 0.15) is 5.56 Å². The number of nitrogens with zero attached hydrogens (tertiary/aromatic N) is 1. The second-order valence-electron chi connectivity index (χ2n) is 3.17. The van der Waals surface area contributed by atoms with Crippen LogP contribution in [0.15, 0.2) is 24.4 Å². The first-order valence-electron chi connectivity index (χ1n) is 4.38. The van der Waals surface area contributed by atoms with Gasteiger partial charge in [0.25, 0.3) is 0 Å². The molecule has 4 N–H and O–H groups in total. The molecule has 2 aromatic rings. The highest BCUT2D eigenvalue weighted by atomic mass is 16.4. The minimum absolute atomic E-state index is 0.00471. The molecule has 0 radical (unpaired) electrons. The summed E-state index contributed by atoms with van der Waals surface area (Å²) in [7, 11) is 0. The Bertz CT molecular complexity index is 548. The van der Waals surface area contributed by atoms with E-state index in [-0.39, 0.29) is 22.8 Å². The van der Waals surface area contributed by atoms with Crippen molar-refractivity contribution < 1.29 is 20.1 Å². The fourth-order valence-electron chi connectivity index (χ4n) is 1.35. The van der Waals surface area contributed by atoms with Crippen molar-refractivity contribution in [3.05, 3.63) is 30.0 Å². The molecular formula is C10H8N2O4. The minimum Gasteiger partial charge on any atom is -0.504 e. The topological polar surface area (TPSA) is 106 Å². The number of aromatic amines is 1. The second kappa shape index (κ2) is 3.58. The van der Waals surface area contributed by atoms with E-state index >= 15 is 0 Å². The highest BCUT2D eigenvalue weighted by Gasteiger charge is 2.14. The number of nitrogens with one attached hydrogen (secondary N) is 1. The zero-order valence-corrected chi connectivity index (χ0v) is 8.01. The van der Waals surface area contributed by atoms with Gasteiger partial charge in [0.15, 0.2) is 11.5 Å². The average molecular weight is 220 g/mol. The zero-order chi connectivity index (χ0) is 11.7. The van der Waals surface area contributed by atoms with Crippen molar-refractivity contribution in [1.29, 1.82) is 0 Å². The molecule has 0 spiro atoms. The maximum Gasteiger partial charge on any atom is 0.339 e. The van der Waals surface area contributed by atoms with Gasteiger partial charge in [-0.2, -0.15) is 5.10 Å². The molecule has 6 heteroatoms. The largest absolute Gasteiger partial charge is 0.504 e. The molecule has 1 heterocycles. The van der Waals surface area contributed by atoms with Crippen molar-refractivity contribution in [3.8, 4) is 22.8 Å². The Balaban J connectivity index is 2.54. The summed E-state index contributed by atoms with van der Waals surface area (Å²) in [6.45, 7) is 0. The summed E-state index contributed by atoms with van der Waals surface area (Å²) in [4.78, 5) is 10.8. The van der Waals surface area contributed by atoms with Crippen LogP contribution in [-0.2, 0) is 0 Å². The van der Waals surface area contributed by atoms with Crippen LogP contribution in [0.5, 0.6) is 11.5 Å². The molecule has 0 aliphatic heterocycles. The van der Waals surface area contributed by atoms with E-state index in [4.69, 9.17) is 10.2 Å². The lowest BCUT2D eigenvalue weighted by Crippen LogP contribution is -1.96. The monoisotopic (exact) mass is 220 g/mol. The third-order valence-electron chi connectivity index (χ3n) is 2.13. The maximum atomic E-state index is 10.8. The van der Waals surface area contributed by atoms with Crippen molar-refractivity contribution in [2.45, 2.75) is 0 Å². The van der Waals surface area contributed by atoms with Gasteiger partial charge in [-0.1, -0.05) is 0 Å². The van der Waals surface area contributed by atoms with Crippen LogP contribution < -0.4 is 0 Å². The zero-order valence-electron chi connectivity index (χ0n) is 8.01. The van der Waals surface area contributed by atoms with Gasteiger partial charge in [0.2, 0.25) is 0 Å². The van der Waals surface area contributed by atoms with E-state index in [2.05, 4.69) is 10.2 Å². The highest BCUT2D eigenvalue weighted by molar-refractivity contribution is 5.94. The van der Waals surface area contributed by atoms with E-state index in [0.29, 0.717) is 5.56 Å². The average Bonchev–Trinajstić information content (AvgIpc) is 2.71. The van der Waals surface area contributed by atoms with Crippen LogP contribution in [0.2, 0.25) is 0 Å². The summed E-state index contributed by atoms with van der Waals surface area (Å²) >= 11 is 0. The number of carboxylic acids is 1. The molecule has 6 nitrogen and oxygen atoms in total. The molecule has 82 valence electrons. The lowest BCUT2D eigenvalue weighted by atomic mass is 10.1. The maximum absolute atomic E-state index is 10.8. The van der Waals surface area contributed by atoms with Gasteiger partial charge in [0.05, 0.1) is 11.9 Å². The molecule has 0 saturated heterocycles. The number of carboxylic acid groups (broad SMARTS) is 1. The Kier molecular flexibility index (Phi) is 2.24. The highest BCUT2D eigenvalue weighted by Crippen LogP contribution is 2.30. The number of aromatic nitrogens is 2. The summed E-state index contributed by atoms with van der Waals surface area (Å²) in [6, 6.07) is 4.02. The summed E-state index contributed by atoms with van der Waals surface area (Å²) < 4.78 is 0. The van der Waals surface area contributed by atoms with Gasteiger partial charge in [-0.25, -0.2) is 4.79 Å². The van der Waals surface area contributed by atoms with Crippen LogP contribution in [0.4, 0.5) is 0 Å². The quantitative estimate of drug-likeness (QED) is 0.568. The van der Waals surface area contributed by atoms with Gasteiger partial charge in [0, 0.05) is 5.56 Å². The van der Waals surface area contributed by atoms with E-state index in [0.717, 1.165) is 0 Å². The molecule has 0 fully saturated rings. The van der Waals surface area contributed by atoms with Crippen LogP contribution in [-0.4, -0.2) is 31.5 Å². The molecule has 16 heavy (non-hydrogen) atoms. The first-order chi connectivity index (χ1) is 7.59. The van der Waals surface area contributed by atoms with Crippen molar-refractivity contribution in [2.24, 2.45) is 0 Å². The lowest BCUT2D eigenvalue weighted by Gasteiger charge is -2.02. The van der Waals surface area contributed by atoms with Crippen LogP contribution in [0.25, 0.3) is 11.3 Å². The van der Waals surface area contributed by atoms with Gasteiger partial charge >= 0.3 is 5.97 Å². The number of aromatic hydroxyl groups is 2. The number of hydrogen-bond donors (Lipinski definition) is 4. The molecule has 2 rings (SSSR count). The summed E-state index contributed by atoms with van der Waals surface area (Å²) in [5.41, 5.74) is 0.720. The number of phenols is 2. The smallest absolute Gasteiger partial charge is 0.339 e. The fraction of sp³-hybridized carbons (Fsp3) is 0. The van der Waals surface area contributed by atoms with Crippen molar-refractivity contribution in [2.75, 3.05) is 0 Å². The number of aromatic carboxylic acids is 1. The molecule has 0 amide bonds. The first kappa shape index (κ1) is 10.0. The predicted molar refractivity (Wildman–Crippen MR) is 54.3 cm³/mol. The Morgan fingerprint density at radius 2 is 2.00 bits per heavy atom. The SMILES string of the molecule is O=C(O)c1cn[nH]c1-c1ccc(O)c(O)c1. The molecule has 0 unspecified atom stereocenters. The normalized spacial score (nSPS) is 10.2. The molecular weight excluding hydrogens is 212 g/mol. The van der Waals surface area contributed by atoms with E-state index in [1.807, 2.05) is 0 Å². The number of benzene rings is 1. The number of rotatable bonds is 2. The predicted octanol–water partition coefficient (Wildman–Crippen LogP) is 1.19. The third kappa shape index (κ3) is 1.56. The lowest BCUT2D eigenvalue weighted by molar-refractivity contribution is 0.0698. The number of carbonyl (C=O) groups is 1. The number of H-pyrrole nitrogens is 1. The number of phenolic OH excluding ortho intramolecular Hbond substituents is 2. The Morgan fingerprint density at radius 3 is 2.62 bits per heavy atom. The van der Waals surface area contributed by atoms with E-state index in [1.54, 1.807) is 0 Å². The van der Waals surface area contributed by atoms with Crippen molar-refractivity contribution in [1.82, 2.24) is 10.2 Å². The standard InChI is InChI=1S/C10H8N2O4/c13-7-2-1-5(3-8(7)14)9-6(10(15)16)4-11-12-9/h1-4,13-14H,(H,11,12)(H,15,16). The van der Waals surface area contributed by atoms with Crippen molar-refractivity contribution >= 4 is 5.97 Å². The van der Waals surface area contributed by atoms with Gasteiger partial charge in [-0.3, -0.25) is 5.10 Å². The molecule has 0 aliphatic carbocycles. The summed E-state index contributed by atoms with van der Waals surface area (Å²) in [5, 5.41) is 33.4. The summed E-state index contributed by atoms with van der Waals surface area (Å²) in [6.07, 6.45) is 1.18. The summed E-state index contributed by atoms with van der Waals surface area (Å²) in [5.74, 6) is -1.69. The molecule has 1 aromatic heterocycles. The van der Waals surface area contributed by atoms with Gasteiger partial charge in [-0.15, -0.1) is 0 Å².